The number of ether oxygens (including phenoxy) is 1. The highest BCUT2D eigenvalue weighted by Gasteiger charge is 2.31. The molecule has 1 rings (SSSR count). The van der Waals surface area contributed by atoms with Crippen LogP contribution < -0.4 is 21.7 Å². The second-order valence-corrected chi connectivity index (χ2v) is 15.1. The van der Waals surface area contributed by atoms with Gasteiger partial charge >= 0.3 is 12.1 Å². The van der Waals surface area contributed by atoms with Crippen LogP contribution in [0.4, 0.5) is 15.3 Å². The van der Waals surface area contributed by atoms with Crippen LogP contribution in [-0.2, 0) is 30.5 Å². The average Bonchev–Trinajstić information content (AvgIpc) is 3.03. The molecule has 12 nitrogen and oxygen atoms in total. The van der Waals surface area contributed by atoms with Gasteiger partial charge in [0, 0.05) is 44.5 Å². The molecule has 0 aromatic heterocycles. The number of hydrogen-bond donors (Lipinski definition) is 4. The van der Waals surface area contributed by atoms with Crippen molar-refractivity contribution in [3.63, 3.8) is 0 Å². The summed E-state index contributed by atoms with van der Waals surface area (Å²) < 4.78 is 5.45. The maximum Gasteiger partial charge on any atom is 0.410 e. The molecule has 0 bridgehead atoms. The molecule has 5 N–H and O–H groups in total. The Balaban J connectivity index is 2.89. The predicted molar refractivity (Wildman–Crippen MR) is 196 cm³/mol. The number of likely N-dealkylation sites (N-methyl/N-ethyl adjacent to an activating group) is 1. The van der Waals surface area contributed by atoms with Crippen molar-refractivity contribution in [3.05, 3.63) is 29.8 Å². The Morgan fingerprint density at radius 1 is 0.880 bits per heavy atom. The number of nitrogens with zero attached hydrogens (tertiary/aromatic N) is 1. The second-order valence-electron chi connectivity index (χ2n) is 15.1. The zero-order chi connectivity index (χ0) is 38.0. The summed E-state index contributed by atoms with van der Waals surface area (Å²) in [4.78, 5) is 77.3. The molecule has 0 aliphatic carbocycles. The van der Waals surface area contributed by atoms with Crippen LogP contribution in [0.25, 0.3) is 0 Å². The van der Waals surface area contributed by atoms with E-state index in [0.717, 1.165) is 25.7 Å². The van der Waals surface area contributed by atoms with Gasteiger partial charge in [-0.2, -0.15) is 0 Å². The van der Waals surface area contributed by atoms with Crippen LogP contribution in [0.1, 0.15) is 119 Å². The molecule has 3 atom stereocenters. The topological polar surface area (TPSA) is 177 Å². The molecule has 282 valence electrons. The van der Waals surface area contributed by atoms with Crippen molar-refractivity contribution in [2.75, 3.05) is 18.9 Å². The predicted octanol–water partition coefficient (Wildman–Crippen LogP) is 6.36. The highest BCUT2D eigenvalue weighted by molar-refractivity contribution is 5.97. The molecule has 0 spiro atoms. The van der Waals surface area contributed by atoms with Crippen LogP contribution in [0.3, 0.4) is 0 Å². The molecule has 0 radical (unpaired) electrons. The maximum atomic E-state index is 13.5. The molecule has 1 unspecified atom stereocenters. The van der Waals surface area contributed by atoms with E-state index < -0.39 is 30.1 Å². The molecule has 12 heteroatoms. The van der Waals surface area contributed by atoms with Gasteiger partial charge in [0.1, 0.15) is 6.61 Å². The molecule has 5 amide bonds. The first-order valence-electron chi connectivity index (χ1n) is 18.0. The molecular weight excluding hydrogens is 638 g/mol. The SMILES string of the molecule is CCC(=O)C(C(C)C)N(C)C(=O)OCc1ccc(NC(=O)[C@H](CCCNC(N)=O)CC(=O)[C@@H](NC(=O)CCCCCC(C)(C)C)C(C)C)cc1. The molecule has 0 fully saturated rings. The fourth-order valence-electron chi connectivity index (χ4n) is 5.77. The minimum atomic E-state index is -0.729. The van der Waals surface area contributed by atoms with Gasteiger partial charge in [-0.15, -0.1) is 0 Å². The Kier molecular flexibility index (Phi) is 19.4. The first-order chi connectivity index (χ1) is 23.4. The van der Waals surface area contributed by atoms with Crippen molar-refractivity contribution in [1.29, 1.82) is 0 Å². The van der Waals surface area contributed by atoms with E-state index >= 15 is 0 Å². The summed E-state index contributed by atoms with van der Waals surface area (Å²) in [6.07, 6.45) is 4.51. The lowest BCUT2D eigenvalue weighted by atomic mass is 9.89. The normalized spacial score (nSPS) is 13.3. The first-order valence-corrected chi connectivity index (χ1v) is 18.0. The summed E-state index contributed by atoms with van der Waals surface area (Å²) >= 11 is 0. The van der Waals surface area contributed by atoms with Gasteiger partial charge in [-0.25, -0.2) is 9.59 Å². The van der Waals surface area contributed by atoms with Crippen molar-refractivity contribution < 1.29 is 33.5 Å². The lowest BCUT2D eigenvalue weighted by molar-refractivity contribution is -0.131. The van der Waals surface area contributed by atoms with E-state index in [2.05, 4.69) is 36.7 Å². The number of rotatable bonds is 22. The number of nitrogens with one attached hydrogen (secondary N) is 3. The Labute approximate surface area is 299 Å². The number of urea groups is 1. The van der Waals surface area contributed by atoms with Gasteiger partial charge < -0.3 is 31.3 Å². The van der Waals surface area contributed by atoms with Crippen LogP contribution in [0.2, 0.25) is 0 Å². The van der Waals surface area contributed by atoms with Crippen molar-refractivity contribution in [3.8, 4) is 0 Å². The Hall–Kier alpha value is -3.96. The summed E-state index contributed by atoms with van der Waals surface area (Å²) in [6.45, 7) is 16.1. The molecule has 0 saturated carbocycles. The smallest absolute Gasteiger partial charge is 0.410 e. The lowest BCUT2D eigenvalue weighted by Gasteiger charge is -2.29. The monoisotopic (exact) mass is 701 g/mol. The van der Waals surface area contributed by atoms with Gasteiger partial charge in [0.15, 0.2) is 11.6 Å². The first kappa shape index (κ1) is 44.1. The molecule has 1 aromatic rings. The fourth-order valence-corrected chi connectivity index (χ4v) is 5.77. The van der Waals surface area contributed by atoms with E-state index in [1.807, 2.05) is 27.7 Å². The van der Waals surface area contributed by atoms with E-state index in [9.17, 15) is 28.8 Å². The summed E-state index contributed by atoms with van der Waals surface area (Å²) in [7, 11) is 1.55. The Morgan fingerprint density at radius 2 is 1.52 bits per heavy atom. The molecule has 1 aromatic carbocycles. The van der Waals surface area contributed by atoms with Crippen LogP contribution in [0.5, 0.6) is 0 Å². The van der Waals surface area contributed by atoms with Gasteiger partial charge in [0.25, 0.3) is 0 Å². The van der Waals surface area contributed by atoms with E-state index in [1.165, 1.54) is 4.90 Å². The standard InChI is InChI=1S/C38H63N5O7/c1-10-30(44)34(26(4)5)43(9)37(49)50-24-27-17-19-29(20-18-27)41-35(47)28(15-14-22-40-36(39)48)23-31(45)33(25(2)3)42-32(46)16-12-11-13-21-38(6,7)8/h17-20,25-26,28,33-34H,10-16,21-24H2,1-9H3,(H,41,47)(H,42,46)(H3,39,40,48)/t28-,33+,34?/m1/s1. The van der Waals surface area contributed by atoms with Gasteiger partial charge in [0.2, 0.25) is 11.8 Å². The fraction of sp³-hybridized carbons (Fsp3) is 0.684. The molecule has 0 aliphatic rings. The Bertz CT molecular complexity index is 1260. The summed E-state index contributed by atoms with van der Waals surface area (Å²) in [6, 6.07) is 4.80. The number of benzene rings is 1. The molecule has 0 saturated heterocycles. The van der Waals surface area contributed by atoms with Gasteiger partial charge in [-0.05, 0) is 60.6 Å². The molecular formula is C38H63N5O7. The lowest BCUT2D eigenvalue weighted by Crippen LogP contribution is -2.45. The summed E-state index contributed by atoms with van der Waals surface area (Å²) in [5.74, 6) is -1.76. The minimum Gasteiger partial charge on any atom is -0.445 e. The van der Waals surface area contributed by atoms with E-state index in [4.69, 9.17) is 10.5 Å². The third kappa shape index (κ3) is 17.1. The zero-order valence-electron chi connectivity index (χ0n) is 31.9. The van der Waals surface area contributed by atoms with Crippen molar-refractivity contribution in [1.82, 2.24) is 15.5 Å². The van der Waals surface area contributed by atoms with Crippen molar-refractivity contribution in [2.45, 2.75) is 132 Å². The number of amides is 5. The van der Waals surface area contributed by atoms with Crippen molar-refractivity contribution >= 4 is 41.2 Å². The minimum absolute atomic E-state index is 0.0221. The van der Waals surface area contributed by atoms with Crippen molar-refractivity contribution in [2.24, 2.45) is 28.9 Å². The number of hydrogen-bond acceptors (Lipinski definition) is 7. The maximum absolute atomic E-state index is 13.5. The zero-order valence-corrected chi connectivity index (χ0v) is 31.9. The van der Waals surface area contributed by atoms with Crippen LogP contribution in [0.15, 0.2) is 24.3 Å². The number of Topliss-reactive ketones (excluding diaryl/α,β-unsaturated/α-hetero) is 2. The Morgan fingerprint density at radius 3 is 2.06 bits per heavy atom. The molecule has 0 heterocycles. The van der Waals surface area contributed by atoms with Crippen LogP contribution in [-0.4, -0.2) is 66.1 Å². The summed E-state index contributed by atoms with van der Waals surface area (Å²) in [5.41, 5.74) is 6.61. The van der Waals surface area contributed by atoms with E-state index in [0.29, 0.717) is 36.9 Å². The number of anilines is 1. The van der Waals surface area contributed by atoms with Gasteiger partial charge in [-0.1, -0.05) is 80.4 Å². The molecule has 0 aliphatic heterocycles. The average molecular weight is 702 g/mol. The summed E-state index contributed by atoms with van der Waals surface area (Å²) in [5, 5.41) is 8.28. The number of unbranched alkanes of at least 4 members (excludes halogenated alkanes) is 2. The molecule has 50 heavy (non-hydrogen) atoms. The highest BCUT2D eigenvalue weighted by Crippen LogP contribution is 2.23. The van der Waals surface area contributed by atoms with Gasteiger partial charge in [-0.3, -0.25) is 19.2 Å². The van der Waals surface area contributed by atoms with E-state index in [-0.39, 0.29) is 60.2 Å². The number of carbonyl (C=O) groups is 6. The van der Waals surface area contributed by atoms with Gasteiger partial charge in [0.05, 0.1) is 12.1 Å². The number of primary amides is 1. The number of nitrogens with two attached hydrogens (primary N) is 1. The van der Waals surface area contributed by atoms with Crippen LogP contribution >= 0.6 is 0 Å². The third-order valence-corrected chi connectivity index (χ3v) is 8.61. The highest BCUT2D eigenvalue weighted by atomic mass is 16.6. The van der Waals surface area contributed by atoms with E-state index in [1.54, 1.807) is 38.2 Å². The number of carbonyl (C=O) groups excluding carboxylic acids is 6. The quantitative estimate of drug-likeness (QED) is 0.102. The second kappa shape index (κ2) is 22.0. The van der Waals surface area contributed by atoms with Crippen LogP contribution in [0, 0.1) is 23.2 Å². The largest absolute Gasteiger partial charge is 0.445 e. The number of ketones is 2. The third-order valence-electron chi connectivity index (χ3n) is 8.61.